The van der Waals surface area contributed by atoms with E-state index in [-0.39, 0.29) is 18.2 Å². The van der Waals surface area contributed by atoms with Crippen LogP contribution in [0.5, 0.6) is 0 Å². The molecule has 0 spiro atoms. The number of amides is 1. The van der Waals surface area contributed by atoms with E-state index in [0.29, 0.717) is 6.54 Å². The highest BCUT2D eigenvalue weighted by atomic mass is 16.6. The predicted octanol–water partition coefficient (Wildman–Crippen LogP) is 1.98. The first-order valence-electron chi connectivity index (χ1n) is 5.12. The number of pyridine rings is 1. The number of carbonyl (C=O) groups excluding carboxylic acids is 1. The smallest absolute Gasteiger partial charge is 0.410 e. The molecule has 1 amide bonds. The lowest BCUT2D eigenvalue weighted by molar-refractivity contribution is 0.129. The van der Waals surface area contributed by atoms with Gasteiger partial charge in [0.2, 0.25) is 0 Å². The average Bonchev–Trinajstić information content (AvgIpc) is 2.55. The van der Waals surface area contributed by atoms with Crippen molar-refractivity contribution in [1.29, 1.82) is 0 Å². The molecule has 2 atom stereocenters. The van der Waals surface area contributed by atoms with Crippen LogP contribution < -0.4 is 0 Å². The molecule has 0 saturated carbocycles. The summed E-state index contributed by atoms with van der Waals surface area (Å²) in [6, 6.07) is 5.69. The maximum Gasteiger partial charge on any atom is 0.410 e. The summed E-state index contributed by atoms with van der Waals surface area (Å²) in [5.74, 6) is 0. The van der Waals surface area contributed by atoms with Gasteiger partial charge in [-0.25, -0.2) is 4.79 Å². The maximum atomic E-state index is 11.5. The van der Waals surface area contributed by atoms with Crippen molar-refractivity contribution in [3.8, 4) is 0 Å². The minimum Gasteiger partial charge on any atom is -0.437 e. The number of ether oxygens (including phenoxy) is 1. The summed E-state index contributed by atoms with van der Waals surface area (Å²) in [7, 11) is 0. The molecule has 15 heavy (non-hydrogen) atoms. The van der Waals surface area contributed by atoms with Gasteiger partial charge < -0.3 is 9.64 Å². The Morgan fingerprint density at radius 3 is 2.87 bits per heavy atom. The third-order valence-electron chi connectivity index (χ3n) is 2.71. The number of cyclic esters (lactones) is 1. The van der Waals surface area contributed by atoms with Crippen LogP contribution in [-0.4, -0.2) is 28.6 Å². The summed E-state index contributed by atoms with van der Waals surface area (Å²) in [6.45, 7) is 4.59. The van der Waals surface area contributed by atoms with Crippen molar-refractivity contribution in [2.75, 3.05) is 6.54 Å². The Labute approximate surface area is 88.9 Å². The molecule has 2 heterocycles. The SMILES string of the molecule is CCN1C(=O)O[C@H](c2ccccn2)[C@@H]1C. The molecule has 0 radical (unpaired) electrons. The summed E-state index contributed by atoms with van der Waals surface area (Å²) >= 11 is 0. The van der Waals surface area contributed by atoms with Gasteiger partial charge in [-0.05, 0) is 26.0 Å². The first kappa shape index (κ1) is 9.96. The molecule has 0 unspecified atom stereocenters. The molecule has 0 aromatic carbocycles. The topological polar surface area (TPSA) is 42.4 Å². The fraction of sp³-hybridized carbons (Fsp3) is 0.455. The number of aromatic nitrogens is 1. The maximum absolute atomic E-state index is 11.5. The van der Waals surface area contributed by atoms with Crippen LogP contribution in [0.1, 0.15) is 25.6 Å². The highest BCUT2D eigenvalue weighted by Gasteiger charge is 2.39. The van der Waals surface area contributed by atoms with E-state index in [9.17, 15) is 4.79 Å². The van der Waals surface area contributed by atoms with E-state index in [0.717, 1.165) is 5.69 Å². The molecule has 4 nitrogen and oxygen atoms in total. The average molecular weight is 206 g/mol. The van der Waals surface area contributed by atoms with Crippen molar-refractivity contribution in [3.63, 3.8) is 0 Å². The highest BCUT2D eigenvalue weighted by Crippen LogP contribution is 2.30. The molecule has 0 N–H and O–H groups in total. The van der Waals surface area contributed by atoms with Gasteiger partial charge in [0, 0.05) is 12.7 Å². The van der Waals surface area contributed by atoms with E-state index < -0.39 is 0 Å². The minimum absolute atomic E-state index is 0.0531. The first-order chi connectivity index (χ1) is 7.24. The van der Waals surface area contributed by atoms with Crippen molar-refractivity contribution >= 4 is 6.09 Å². The molecule has 1 aromatic rings. The second kappa shape index (κ2) is 3.88. The van der Waals surface area contributed by atoms with Crippen molar-refractivity contribution < 1.29 is 9.53 Å². The fourth-order valence-electron chi connectivity index (χ4n) is 1.87. The van der Waals surface area contributed by atoms with Gasteiger partial charge in [-0.2, -0.15) is 0 Å². The first-order valence-corrected chi connectivity index (χ1v) is 5.12. The van der Waals surface area contributed by atoms with Gasteiger partial charge in [0.15, 0.2) is 6.10 Å². The van der Waals surface area contributed by atoms with Gasteiger partial charge in [-0.3, -0.25) is 4.98 Å². The molecule has 1 aliphatic heterocycles. The molecular weight excluding hydrogens is 192 g/mol. The molecule has 1 aliphatic rings. The number of likely N-dealkylation sites (N-methyl/N-ethyl adjacent to an activating group) is 1. The lowest BCUT2D eigenvalue weighted by Crippen LogP contribution is -2.31. The van der Waals surface area contributed by atoms with Gasteiger partial charge in [0.25, 0.3) is 0 Å². The third kappa shape index (κ3) is 1.67. The zero-order valence-electron chi connectivity index (χ0n) is 8.88. The van der Waals surface area contributed by atoms with Crippen LogP contribution in [0.3, 0.4) is 0 Å². The quantitative estimate of drug-likeness (QED) is 0.743. The van der Waals surface area contributed by atoms with Crippen molar-refractivity contribution in [1.82, 2.24) is 9.88 Å². The van der Waals surface area contributed by atoms with Gasteiger partial charge >= 0.3 is 6.09 Å². The Hall–Kier alpha value is -1.58. The van der Waals surface area contributed by atoms with Crippen molar-refractivity contribution in [2.24, 2.45) is 0 Å². The Kier molecular flexibility index (Phi) is 2.58. The summed E-state index contributed by atoms with van der Waals surface area (Å²) in [6.07, 6.45) is 1.23. The van der Waals surface area contributed by atoms with E-state index >= 15 is 0 Å². The number of rotatable bonds is 2. The van der Waals surface area contributed by atoms with Gasteiger partial charge in [-0.15, -0.1) is 0 Å². The van der Waals surface area contributed by atoms with Crippen LogP contribution in [-0.2, 0) is 4.74 Å². The van der Waals surface area contributed by atoms with Gasteiger partial charge in [-0.1, -0.05) is 6.07 Å². The van der Waals surface area contributed by atoms with E-state index in [2.05, 4.69) is 4.98 Å². The molecule has 0 aliphatic carbocycles. The van der Waals surface area contributed by atoms with Crippen LogP contribution in [0.25, 0.3) is 0 Å². The lowest BCUT2D eigenvalue weighted by Gasteiger charge is -2.18. The van der Waals surface area contributed by atoms with Crippen LogP contribution in [0.15, 0.2) is 24.4 Å². The van der Waals surface area contributed by atoms with Crippen molar-refractivity contribution in [2.45, 2.75) is 26.0 Å². The van der Waals surface area contributed by atoms with Crippen LogP contribution in [0.2, 0.25) is 0 Å². The zero-order valence-corrected chi connectivity index (χ0v) is 8.88. The van der Waals surface area contributed by atoms with Crippen molar-refractivity contribution in [3.05, 3.63) is 30.1 Å². The van der Waals surface area contributed by atoms with Gasteiger partial charge in [0.1, 0.15) is 0 Å². The molecule has 4 heteroatoms. The molecule has 2 rings (SSSR count). The minimum atomic E-state index is -0.249. The summed E-state index contributed by atoms with van der Waals surface area (Å²) in [5, 5.41) is 0. The largest absolute Gasteiger partial charge is 0.437 e. The fourth-order valence-corrected chi connectivity index (χ4v) is 1.87. The van der Waals surface area contributed by atoms with E-state index in [4.69, 9.17) is 4.74 Å². The summed E-state index contributed by atoms with van der Waals surface area (Å²) in [5.41, 5.74) is 0.814. The van der Waals surface area contributed by atoms with Crippen LogP contribution in [0, 0.1) is 0 Å². The molecule has 80 valence electrons. The van der Waals surface area contributed by atoms with Crippen LogP contribution in [0.4, 0.5) is 4.79 Å². The number of hydrogen-bond donors (Lipinski definition) is 0. The number of nitrogens with zero attached hydrogens (tertiary/aromatic N) is 2. The van der Waals surface area contributed by atoms with Crippen LogP contribution >= 0.6 is 0 Å². The molecule has 0 bridgehead atoms. The third-order valence-corrected chi connectivity index (χ3v) is 2.71. The number of hydrogen-bond acceptors (Lipinski definition) is 3. The summed E-state index contributed by atoms with van der Waals surface area (Å²) in [4.78, 5) is 17.4. The van der Waals surface area contributed by atoms with Gasteiger partial charge in [0.05, 0.1) is 11.7 Å². The Bertz CT molecular complexity index is 353. The Morgan fingerprint density at radius 2 is 2.33 bits per heavy atom. The Morgan fingerprint density at radius 1 is 1.53 bits per heavy atom. The van der Waals surface area contributed by atoms with E-state index in [1.54, 1.807) is 11.1 Å². The zero-order chi connectivity index (χ0) is 10.8. The molecule has 1 aromatic heterocycles. The monoisotopic (exact) mass is 206 g/mol. The highest BCUT2D eigenvalue weighted by molar-refractivity contribution is 5.70. The number of carbonyl (C=O) groups is 1. The summed E-state index contributed by atoms with van der Waals surface area (Å²) < 4.78 is 5.29. The van der Waals surface area contributed by atoms with E-state index in [1.165, 1.54) is 0 Å². The molecule has 1 fully saturated rings. The standard InChI is InChI=1S/C11H14N2O2/c1-3-13-8(2)10(15-11(13)14)9-6-4-5-7-12-9/h4-8,10H,3H2,1-2H3/t8-,10-/m0/s1. The normalized spacial score (nSPS) is 25.5. The molecular formula is C11H14N2O2. The van der Waals surface area contributed by atoms with E-state index in [1.807, 2.05) is 32.0 Å². The Balaban J connectivity index is 2.23. The predicted molar refractivity (Wildman–Crippen MR) is 55.3 cm³/mol. The second-order valence-corrected chi connectivity index (χ2v) is 3.59. The lowest BCUT2D eigenvalue weighted by atomic mass is 10.1. The molecule has 1 saturated heterocycles. The second-order valence-electron chi connectivity index (χ2n) is 3.59.